The maximum absolute atomic E-state index is 5.78. The summed E-state index contributed by atoms with van der Waals surface area (Å²) in [5.74, 6) is 0. The molecule has 0 spiro atoms. The Kier molecular flexibility index (Phi) is 3.69. The monoisotopic (exact) mass is 273 g/mol. The molecule has 0 radical (unpaired) electrons. The van der Waals surface area contributed by atoms with Gasteiger partial charge in [-0.2, -0.15) is 0 Å². The zero-order valence-electron chi connectivity index (χ0n) is 11.2. The maximum atomic E-state index is 5.78. The first kappa shape index (κ1) is 12.9. The highest BCUT2D eigenvalue weighted by Crippen LogP contribution is 2.38. The molecular formula is C16H19NOS. The fourth-order valence-electron chi connectivity index (χ4n) is 2.54. The van der Waals surface area contributed by atoms with Gasteiger partial charge in [-0.25, -0.2) is 0 Å². The van der Waals surface area contributed by atoms with Gasteiger partial charge in [-0.3, -0.25) is 0 Å². The molecule has 0 fully saturated rings. The number of hydrogen-bond donors (Lipinski definition) is 1. The molecular weight excluding hydrogens is 254 g/mol. The molecule has 100 valence electrons. The van der Waals surface area contributed by atoms with E-state index in [-0.39, 0.29) is 6.10 Å². The Balaban J connectivity index is 1.95. The summed E-state index contributed by atoms with van der Waals surface area (Å²) in [5, 5.41) is 0. The van der Waals surface area contributed by atoms with Crippen LogP contribution in [0.5, 0.6) is 0 Å². The minimum Gasteiger partial charge on any atom is -0.372 e. The first-order valence-corrected chi connectivity index (χ1v) is 7.67. The summed E-state index contributed by atoms with van der Waals surface area (Å²) < 4.78 is 5.72. The van der Waals surface area contributed by atoms with E-state index in [1.165, 1.54) is 26.4 Å². The minimum atomic E-state index is 0.0867. The molecule has 1 aromatic carbocycles. The van der Waals surface area contributed by atoms with E-state index in [4.69, 9.17) is 10.5 Å². The summed E-state index contributed by atoms with van der Waals surface area (Å²) in [7, 11) is 0. The number of thiophene rings is 1. The van der Waals surface area contributed by atoms with Gasteiger partial charge in [0.25, 0.3) is 0 Å². The second-order valence-corrected chi connectivity index (χ2v) is 6.02. The van der Waals surface area contributed by atoms with Crippen LogP contribution in [0.4, 0.5) is 0 Å². The van der Waals surface area contributed by atoms with Gasteiger partial charge in [-0.15, -0.1) is 11.3 Å². The third-order valence-electron chi connectivity index (χ3n) is 3.70. The summed E-state index contributed by atoms with van der Waals surface area (Å²) in [4.78, 5) is 2.77. The highest BCUT2D eigenvalue weighted by Gasteiger charge is 2.22. The standard InChI is InChI=1S/C16H19NOS/c1-2-11-3-5-12(6-4-11)16-9-13-14(10-17)18-8-7-15(13)19-16/h3-6,9,14H,2,7-8,10,17H2,1H3. The highest BCUT2D eigenvalue weighted by atomic mass is 32.1. The number of aryl methyl sites for hydroxylation is 1. The van der Waals surface area contributed by atoms with Crippen molar-refractivity contribution in [1.82, 2.24) is 0 Å². The fourth-order valence-corrected chi connectivity index (χ4v) is 3.74. The van der Waals surface area contributed by atoms with Crippen molar-refractivity contribution in [2.75, 3.05) is 13.2 Å². The average molecular weight is 273 g/mol. The summed E-state index contributed by atoms with van der Waals surface area (Å²) in [6, 6.07) is 11.1. The van der Waals surface area contributed by atoms with Crippen molar-refractivity contribution in [1.29, 1.82) is 0 Å². The topological polar surface area (TPSA) is 35.2 Å². The number of fused-ring (bicyclic) bond motifs is 1. The number of hydrogen-bond acceptors (Lipinski definition) is 3. The molecule has 1 aliphatic rings. The lowest BCUT2D eigenvalue weighted by Crippen LogP contribution is -2.21. The van der Waals surface area contributed by atoms with Crippen LogP contribution < -0.4 is 5.73 Å². The Morgan fingerprint density at radius 3 is 2.79 bits per heavy atom. The summed E-state index contributed by atoms with van der Waals surface area (Å²) in [6.07, 6.45) is 2.19. The Labute approximate surface area is 118 Å². The van der Waals surface area contributed by atoms with Gasteiger partial charge in [0, 0.05) is 22.7 Å². The highest BCUT2D eigenvalue weighted by molar-refractivity contribution is 7.15. The van der Waals surface area contributed by atoms with Gasteiger partial charge in [0.1, 0.15) is 0 Å². The van der Waals surface area contributed by atoms with Crippen LogP contribution in [0.25, 0.3) is 10.4 Å². The van der Waals surface area contributed by atoms with Crippen LogP contribution in [0.15, 0.2) is 30.3 Å². The van der Waals surface area contributed by atoms with Crippen LogP contribution in [-0.2, 0) is 17.6 Å². The van der Waals surface area contributed by atoms with E-state index in [1.54, 1.807) is 0 Å². The number of nitrogens with two attached hydrogens (primary N) is 1. The minimum absolute atomic E-state index is 0.0867. The quantitative estimate of drug-likeness (QED) is 0.928. The smallest absolute Gasteiger partial charge is 0.0958 e. The van der Waals surface area contributed by atoms with Crippen molar-refractivity contribution in [2.45, 2.75) is 25.9 Å². The van der Waals surface area contributed by atoms with Crippen LogP contribution in [0, 0.1) is 0 Å². The van der Waals surface area contributed by atoms with Crippen LogP contribution in [0.2, 0.25) is 0 Å². The molecule has 0 saturated heterocycles. The van der Waals surface area contributed by atoms with Crippen molar-refractivity contribution in [3.8, 4) is 10.4 Å². The lowest BCUT2D eigenvalue weighted by Gasteiger charge is -2.21. The Bertz CT molecular complexity index is 559. The molecule has 2 nitrogen and oxygen atoms in total. The van der Waals surface area contributed by atoms with E-state index in [0.717, 1.165) is 19.4 Å². The van der Waals surface area contributed by atoms with Crippen LogP contribution >= 0.6 is 11.3 Å². The molecule has 1 atom stereocenters. The van der Waals surface area contributed by atoms with E-state index in [1.807, 2.05) is 11.3 Å². The first-order valence-electron chi connectivity index (χ1n) is 6.85. The van der Waals surface area contributed by atoms with Gasteiger partial charge in [0.05, 0.1) is 12.7 Å². The third kappa shape index (κ3) is 2.46. The lowest BCUT2D eigenvalue weighted by atomic mass is 10.0. The Morgan fingerprint density at radius 2 is 2.11 bits per heavy atom. The van der Waals surface area contributed by atoms with Crippen LogP contribution in [0.1, 0.15) is 29.0 Å². The molecule has 3 rings (SSSR count). The molecule has 1 aliphatic heterocycles. The lowest BCUT2D eigenvalue weighted by molar-refractivity contribution is 0.0498. The molecule has 3 heteroatoms. The van der Waals surface area contributed by atoms with E-state index < -0.39 is 0 Å². The maximum Gasteiger partial charge on any atom is 0.0958 e. The second-order valence-electron chi connectivity index (χ2n) is 4.88. The van der Waals surface area contributed by atoms with Gasteiger partial charge in [-0.1, -0.05) is 31.2 Å². The number of ether oxygens (including phenoxy) is 1. The predicted octanol–water partition coefficient (Wildman–Crippen LogP) is 3.55. The molecule has 2 N–H and O–H groups in total. The largest absolute Gasteiger partial charge is 0.372 e. The average Bonchev–Trinajstić information content (AvgIpc) is 2.91. The third-order valence-corrected chi connectivity index (χ3v) is 4.96. The van der Waals surface area contributed by atoms with Crippen molar-refractivity contribution in [3.05, 3.63) is 46.3 Å². The number of benzene rings is 1. The summed E-state index contributed by atoms with van der Waals surface area (Å²) in [6.45, 7) is 3.55. The SMILES string of the molecule is CCc1ccc(-c2cc3c(s2)CCOC3CN)cc1. The van der Waals surface area contributed by atoms with Gasteiger partial charge in [-0.05, 0) is 29.2 Å². The van der Waals surface area contributed by atoms with Crippen molar-refractivity contribution >= 4 is 11.3 Å². The molecule has 1 unspecified atom stereocenters. The summed E-state index contributed by atoms with van der Waals surface area (Å²) in [5.41, 5.74) is 9.76. The molecule has 2 aromatic rings. The molecule has 0 aliphatic carbocycles. The van der Waals surface area contributed by atoms with Crippen LogP contribution in [0.3, 0.4) is 0 Å². The molecule has 1 aromatic heterocycles. The zero-order valence-corrected chi connectivity index (χ0v) is 12.0. The first-order chi connectivity index (χ1) is 9.31. The van der Waals surface area contributed by atoms with Gasteiger partial charge >= 0.3 is 0 Å². The van der Waals surface area contributed by atoms with E-state index >= 15 is 0 Å². The molecule has 0 saturated carbocycles. The normalized spacial score (nSPS) is 18.3. The van der Waals surface area contributed by atoms with Crippen molar-refractivity contribution < 1.29 is 4.74 Å². The summed E-state index contributed by atoms with van der Waals surface area (Å²) >= 11 is 1.89. The van der Waals surface area contributed by atoms with E-state index in [9.17, 15) is 0 Å². The molecule has 19 heavy (non-hydrogen) atoms. The molecule has 0 amide bonds. The Morgan fingerprint density at radius 1 is 1.32 bits per heavy atom. The van der Waals surface area contributed by atoms with Gasteiger partial charge in [0.15, 0.2) is 0 Å². The van der Waals surface area contributed by atoms with Crippen LogP contribution in [-0.4, -0.2) is 13.2 Å². The van der Waals surface area contributed by atoms with Crippen molar-refractivity contribution in [3.63, 3.8) is 0 Å². The van der Waals surface area contributed by atoms with Gasteiger partial charge < -0.3 is 10.5 Å². The zero-order chi connectivity index (χ0) is 13.2. The van der Waals surface area contributed by atoms with E-state index in [0.29, 0.717) is 6.54 Å². The Hall–Kier alpha value is -1.16. The second kappa shape index (κ2) is 5.45. The number of rotatable bonds is 3. The van der Waals surface area contributed by atoms with Gasteiger partial charge in [0.2, 0.25) is 0 Å². The molecule has 0 bridgehead atoms. The fraction of sp³-hybridized carbons (Fsp3) is 0.375. The molecule has 2 heterocycles. The predicted molar refractivity (Wildman–Crippen MR) is 80.6 cm³/mol. The van der Waals surface area contributed by atoms with E-state index in [2.05, 4.69) is 37.3 Å². The van der Waals surface area contributed by atoms with Crippen molar-refractivity contribution in [2.24, 2.45) is 5.73 Å².